The number of carbonyl (C=O) groups excluding carboxylic acids is 1. The average molecular weight is 453 g/mol. The van der Waals surface area contributed by atoms with Crippen LogP contribution in [0.4, 0.5) is 11.5 Å². The number of fused-ring (bicyclic) bond motifs is 1. The largest absolute Gasteiger partial charge is 0.366 e. The minimum atomic E-state index is -0.445. The van der Waals surface area contributed by atoms with E-state index < -0.39 is 5.91 Å². The van der Waals surface area contributed by atoms with Crippen molar-refractivity contribution in [2.24, 2.45) is 5.73 Å². The number of aryl methyl sites for hydroxylation is 1. The van der Waals surface area contributed by atoms with E-state index in [4.69, 9.17) is 5.73 Å². The van der Waals surface area contributed by atoms with E-state index in [0.717, 1.165) is 43.7 Å². The fraction of sp³-hybridized carbons (Fsp3) is 0.0952. The van der Waals surface area contributed by atoms with Crippen molar-refractivity contribution in [3.63, 3.8) is 0 Å². The van der Waals surface area contributed by atoms with E-state index in [-0.39, 0.29) is 0 Å². The van der Waals surface area contributed by atoms with Gasteiger partial charge in [0.25, 0.3) is 0 Å². The molecule has 4 aromatic rings. The summed E-state index contributed by atoms with van der Waals surface area (Å²) in [5.74, 6) is 0.296. The number of nitrogens with zero attached hydrogens (tertiary/aromatic N) is 2. The van der Waals surface area contributed by atoms with Gasteiger partial charge in [-0.3, -0.25) is 4.79 Å². The number of benzene rings is 2. The standard InChI is InChI=1S/C21H17BrN4OS/c1-2-16-17(12-3-7-14(22)8-4-12)18-20(24-11-25-21(18)28-16)26-15-9-5-13(6-10-15)19(23)27/h3-11H,2H2,1H3,(H2,23,27)(H,24,25,26). The van der Waals surface area contributed by atoms with Gasteiger partial charge in [0.05, 0.1) is 5.39 Å². The number of hydrogen-bond donors (Lipinski definition) is 2. The second-order valence-corrected chi connectivity index (χ2v) is 8.23. The van der Waals surface area contributed by atoms with Gasteiger partial charge in [-0.25, -0.2) is 9.97 Å². The zero-order valence-electron chi connectivity index (χ0n) is 15.1. The van der Waals surface area contributed by atoms with Crippen molar-refractivity contribution in [3.8, 4) is 11.1 Å². The second kappa shape index (κ2) is 7.69. The highest BCUT2D eigenvalue weighted by Crippen LogP contribution is 2.41. The number of amides is 1. The Kier molecular flexibility index (Phi) is 5.11. The predicted octanol–water partition coefficient (Wildman–Crippen LogP) is 5.53. The third kappa shape index (κ3) is 3.50. The molecule has 0 fully saturated rings. The molecule has 0 atom stereocenters. The van der Waals surface area contributed by atoms with Gasteiger partial charge < -0.3 is 11.1 Å². The third-order valence-corrected chi connectivity index (χ3v) is 6.22. The lowest BCUT2D eigenvalue weighted by Gasteiger charge is -2.10. The molecule has 0 radical (unpaired) electrons. The van der Waals surface area contributed by atoms with Crippen LogP contribution in [0.5, 0.6) is 0 Å². The average Bonchev–Trinajstić information content (AvgIpc) is 3.09. The second-order valence-electron chi connectivity index (χ2n) is 6.23. The van der Waals surface area contributed by atoms with Gasteiger partial charge >= 0.3 is 0 Å². The van der Waals surface area contributed by atoms with Gasteiger partial charge in [0.2, 0.25) is 5.91 Å². The topological polar surface area (TPSA) is 80.9 Å². The normalized spacial score (nSPS) is 10.9. The lowest BCUT2D eigenvalue weighted by molar-refractivity contribution is 0.100. The van der Waals surface area contributed by atoms with Gasteiger partial charge in [-0.1, -0.05) is 35.0 Å². The molecule has 0 saturated heterocycles. The molecule has 140 valence electrons. The molecule has 1 amide bonds. The van der Waals surface area contributed by atoms with Crippen LogP contribution in [-0.2, 0) is 6.42 Å². The molecule has 0 bridgehead atoms. The first-order chi connectivity index (χ1) is 13.6. The molecule has 0 aliphatic carbocycles. The van der Waals surface area contributed by atoms with Crippen LogP contribution in [0.1, 0.15) is 22.2 Å². The Morgan fingerprint density at radius 3 is 2.46 bits per heavy atom. The molecule has 5 nitrogen and oxygen atoms in total. The summed E-state index contributed by atoms with van der Waals surface area (Å²) in [5, 5.41) is 4.37. The first kappa shape index (κ1) is 18.6. The number of nitrogens with two attached hydrogens (primary N) is 1. The van der Waals surface area contributed by atoms with Crippen LogP contribution in [0.25, 0.3) is 21.3 Å². The molecule has 2 aromatic carbocycles. The molecule has 7 heteroatoms. The number of rotatable bonds is 5. The first-order valence-corrected chi connectivity index (χ1v) is 10.4. The Bertz CT molecular complexity index is 1150. The highest BCUT2D eigenvalue weighted by atomic mass is 79.9. The molecule has 0 aliphatic rings. The monoisotopic (exact) mass is 452 g/mol. The van der Waals surface area contributed by atoms with Crippen molar-refractivity contribution in [1.29, 1.82) is 0 Å². The molecular formula is C21H17BrN4OS. The maximum absolute atomic E-state index is 11.3. The quantitative estimate of drug-likeness (QED) is 0.417. The molecular weight excluding hydrogens is 436 g/mol. The predicted molar refractivity (Wildman–Crippen MR) is 118 cm³/mol. The summed E-state index contributed by atoms with van der Waals surface area (Å²) in [4.78, 5) is 22.5. The number of thiophene rings is 1. The van der Waals surface area contributed by atoms with Gasteiger partial charge in [-0.2, -0.15) is 0 Å². The van der Waals surface area contributed by atoms with Crippen LogP contribution in [0.3, 0.4) is 0 Å². The van der Waals surface area contributed by atoms with Gasteiger partial charge in [0.15, 0.2) is 0 Å². The van der Waals surface area contributed by atoms with Crippen LogP contribution in [0.15, 0.2) is 59.3 Å². The maximum atomic E-state index is 11.3. The molecule has 4 rings (SSSR count). The van der Waals surface area contributed by atoms with Crippen molar-refractivity contribution >= 4 is 54.9 Å². The first-order valence-electron chi connectivity index (χ1n) is 8.76. The summed E-state index contributed by atoms with van der Waals surface area (Å²) in [6.45, 7) is 2.15. The Labute approximate surface area is 174 Å². The van der Waals surface area contributed by atoms with Gasteiger partial charge in [-0.05, 0) is 48.4 Å². The van der Waals surface area contributed by atoms with Crippen LogP contribution >= 0.6 is 27.3 Å². The van der Waals surface area contributed by atoms with Crippen molar-refractivity contribution in [2.45, 2.75) is 13.3 Å². The summed E-state index contributed by atoms with van der Waals surface area (Å²) in [7, 11) is 0. The van der Waals surface area contributed by atoms with Crippen molar-refractivity contribution in [2.75, 3.05) is 5.32 Å². The fourth-order valence-corrected chi connectivity index (χ4v) is 4.46. The zero-order valence-corrected chi connectivity index (χ0v) is 17.5. The van der Waals surface area contributed by atoms with E-state index in [1.165, 1.54) is 4.88 Å². The van der Waals surface area contributed by atoms with Crippen LogP contribution in [0.2, 0.25) is 0 Å². The van der Waals surface area contributed by atoms with E-state index in [2.05, 4.69) is 50.3 Å². The third-order valence-electron chi connectivity index (χ3n) is 4.45. The summed E-state index contributed by atoms with van der Waals surface area (Å²) < 4.78 is 1.04. The number of anilines is 2. The minimum absolute atomic E-state index is 0.445. The van der Waals surface area contributed by atoms with Crippen molar-refractivity contribution < 1.29 is 4.79 Å². The minimum Gasteiger partial charge on any atom is -0.366 e. The lowest BCUT2D eigenvalue weighted by Crippen LogP contribution is -2.10. The molecule has 2 heterocycles. The maximum Gasteiger partial charge on any atom is 0.248 e. The number of carbonyl (C=O) groups is 1. The van der Waals surface area contributed by atoms with Crippen LogP contribution in [-0.4, -0.2) is 15.9 Å². The highest BCUT2D eigenvalue weighted by molar-refractivity contribution is 9.10. The summed E-state index contributed by atoms with van der Waals surface area (Å²) in [6, 6.07) is 15.3. The number of nitrogens with one attached hydrogen (secondary N) is 1. The molecule has 0 saturated carbocycles. The van der Waals surface area contributed by atoms with E-state index in [1.807, 2.05) is 24.3 Å². The Morgan fingerprint density at radius 1 is 1.11 bits per heavy atom. The van der Waals surface area contributed by atoms with E-state index in [1.54, 1.807) is 29.8 Å². The Hall–Kier alpha value is -2.77. The lowest BCUT2D eigenvalue weighted by atomic mass is 10.0. The molecule has 2 aromatic heterocycles. The van der Waals surface area contributed by atoms with Crippen molar-refractivity contribution in [3.05, 3.63) is 69.8 Å². The van der Waals surface area contributed by atoms with Gasteiger partial charge in [0, 0.05) is 26.2 Å². The van der Waals surface area contributed by atoms with E-state index in [0.29, 0.717) is 5.56 Å². The molecule has 0 aliphatic heterocycles. The smallest absolute Gasteiger partial charge is 0.248 e. The summed E-state index contributed by atoms with van der Waals surface area (Å²) >= 11 is 5.19. The molecule has 0 spiro atoms. The number of primary amides is 1. The Balaban J connectivity index is 1.83. The highest BCUT2D eigenvalue weighted by Gasteiger charge is 2.18. The number of hydrogen-bond acceptors (Lipinski definition) is 5. The Morgan fingerprint density at radius 2 is 1.82 bits per heavy atom. The molecule has 0 unspecified atom stereocenters. The summed E-state index contributed by atoms with van der Waals surface area (Å²) in [6.07, 6.45) is 2.49. The van der Waals surface area contributed by atoms with E-state index in [9.17, 15) is 4.79 Å². The zero-order chi connectivity index (χ0) is 19.7. The van der Waals surface area contributed by atoms with Crippen LogP contribution < -0.4 is 11.1 Å². The van der Waals surface area contributed by atoms with E-state index >= 15 is 0 Å². The van der Waals surface area contributed by atoms with Gasteiger partial charge in [0.1, 0.15) is 17.0 Å². The molecule has 3 N–H and O–H groups in total. The number of aromatic nitrogens is 2. The summed E-state index contributed by atoms with van der Waals surface area (Å²) in [5.41, 5.74) is 8.91. The SMILES string of the molecule is CCc1sc2ncnc(Nc3ccc(C(N)=O)cc3)c2c1-c1ccc(Br)cc1. The van der Waals surface area contributed by atoms with Crippen molar-refractivity contribution in [1.82, 2.24) is 9.97 Å². The number of halogens is 1. The molecule has 28 heavy (non-hydrogen) atoms. The van der Waals surface area contributed by atoms with Gasteiger partial charge in [-0.15, -0.1) is 11.3 Å². The fourth-order valence-electron chi connectivity index (χ4n) is 3.10. The van der Waals surface area contributed by atoms with Crippen LogP contribution in [0, 0.1) is 0 Å².